The predicted molar refractivity (Wildman–Crippen MR) is 114 cm³/mol. The zero-order chi connectivity index (χ0) is 20.8. The number of carbonyl (C=O) groups is 1. The summed E-state index contributed by atoms with van der Waals surface area (Å²) in [4.78, 5) is 15.6. The molecule has 0 fully saturated rings. The topological polar surface area (TPSA) is 39.9 Å². The van der Waals surface area contributed by atoms with Crippen LogP contribution in [0.2, 0.25) is 0 Å². The van der Waals surface area contributed by atoms with Crippen molar-refractivity contribution in [1.29, 1.82) is 0 Å². The third-order valence-corrected chi connectivity index (χ3v) is 4.67. The van der Waals surface area contributed by atoms with Gasteiger partial charge in [-0.15, -0.1) is 0 Å². The molecule has 0 bridgehead atoms. The Kier molecular flexibility index (Phi) is 6.31. The van der Waals surface area contributed by atoms with Crippen molar-refractivity contribution < 1.29 is 14.3 Å². The molecule has 0 atom stereocenters. The number of hydrogen-bond donors (Lipinski definition) is 0. The molecule has 0 amide bonds. The fourth-order valence-corrected chi connectivity index (χ4v) is 3.05. The average Bonchev–Trinajstić information content (AvgIpc) is 2.77. The molecule has 0 saturated heterocycles. The van der Waals surface area contributed by atoms with E-state index in [1.807, 2.05) is 30.3 Å². The van der Waals surface area contributed by atoms with E-state index in [1.165, 1.54) is 12.7 Å². The maximum atomic E-state index is 12.1. The van der Waals surface area contributed by atoms with Gasteiger partial charge in [0.1, 0.15) is 12.4 Å². The van der Waals surface area contributed by atoms with Crippen LogP contribution in [0.3, 0.4) is 0 Å². The predicted octanol–water partition coefficient (Wildman–Crippen LogP) is 6.39. The van der Waals surface area contributed by atoms with Crippen LogP contribution < -0.4 is 4.74 Å². The van der Waals surface area contributed by atoms with E-state index in [2.05, 4.69) is 30.8 Å². The Hall–Kier alpha value is -3.58. The third kappa shape index (κ3) is 5.03. The molecule has 0 aliphatic carbocycles. The molecule has 4 heteroatoms. The van der Waals surface area contributed by atoms with Gasteiger partial charge in [-0.05, 0) is 64.6 Å². The second-order valence-corrected chi connectivity index (χ2v) is 7.08. The average molecular weight is 385 g/mol. The molecule has 29 heavy (non-hydrogen) atoms. The Morgan fingerprint density at radius 3 is 2.41 bits per heavy atom. The van der Waals surface area contributed by atoms with Gasteiger partial charge in [-0.2, -0.15) is 0 Å². The van der Waals surface area contributed by atoms with Crippen LogP contribution >= 0.6 is 0 Å². The van der Waals surface area contributed by atoms with Crippen molar-refractivity contribution in [1.82, 2.24) is 0 Å². The van der Waals surface area contributed by atoms with Crippen molar-refractivity contribution in [2.24, 2.45) is 0 Å². The van der Waals surface area contributed by atoms with Gasteiger partial charge in [0, 0.05) is 0 Å². The highest BCUT2D eigenvalue weighted by molar-refractivity contribution is 5.91. The smallest absolute Gasteiger partial charge is 0.337 e. The first-order valence-corrected chi connectivity index (χ1v) is 9.43. The second-order valence-electron chi connectivity index (χ2n) is 7.08. The van der Waals surface area contributed by atoms with Crippen LogP contribution in [0, 0.1) is 6.57 Å². The minimum absolute atomic E-state index is 0.321. The minimum Gasteiger partial charge on any atom is -0.489 e. The van der Waals surface area contributed by atoms with Crippen LogP contribution in [0.15, 0.2) is 66.7 Å². The van der Waals surface area contributed by atoms with Crippen molar-refractivity contribution in [3.05, 3.63) is 94.8 Å². The lowest BCUT2D eigenvalue weighted by molar-refractivity contribution is 0.0600. The normalized spacial score (nSPS) is 10.4. The lowest BCUT2D eigenvalue weighted by Crippen LogP contribution is -2.04. The van der Waals surface area contributed by atoms with Crippen LogP contribution in [0.1, 0.15) is 41.3 Å². The third-order valence-electron chi connectivity index (χ3n) is 4.67. The van der Waals surface area contributed by atoms with Crippen LogP contribution in [0.4, 0.5) is 5.69 Å². The van der Waals surface area contributed by atoms with Gasteiger partial charge in [-0.25, -0.2) is 9.64 Å². The van der Waals surface area contributed by atoms with Crippen LogP contribution in [0.25, 0.3) is 16.0 Å². The minimum atomic E-state index is -0.407. The molecule has 0 spiro atoms. The molecule has 3 aromatic carbocycles. The molecule has 0 saturated carbocycles. The largest absolute Gasteiger partial charge is 0.489 e. The Labute approximate surface area is 171 Å². The monoisotopic (exact) mass is 385 g/mol. The highest BCUT2D eigenvalue weighted by Crippen LogP contribution is 2.27. The molecule has 3 aromatic rings. The summed E-state index contributed by atoms with van der Waals surface area (Å²) >= 11 is 0. The van der Waals surface area contributed by atoms with E-state index in [1.54, 1.807) is 24.3 Å². The van der Waals surface area contributed by atoms with Gasteiger partial charge in [0.05, 0.1) is 19.2 Å². The molecule has 0 aliphatic heterocycles. The Morgan fingerprint density at radius 2 is 1.76 bits per heavy atom. The molecule has 0 N–H and O–H groups in total. The fraction of sp³-hybridized carbons (Fsp3) is 0.200. The lowest BCUT2D eigenvalue weighted by atomic mass is 9.99. The van der Waals surface area contributed by atoms with Crippen LogP contribution in [-0.4, -0.2) is 13.1 Å². The van der Waals surface area contributed by atoms with E-state index in [0.29, 0.717) is 23.8 Å². The Morgan fingerprint density at radius 1 is 1.00 bits per heavy atom. The number of esters is 1. The van der Waals surface area contributed by atoms with Crippen LogP contribution in [-0.2, 0) is 11.3 Å². The summed E-state index contributed by atoms with van der Waals surface area (Å²) in [5, 5.41) is 0. The number of rotatable bonds is 6. The summed E-state index contributed by atoms with van der Waals surface area (Å²) in [6.45, 7) is 11.8. The first-order chi connectivity index (χ1) is 14.0. The van der Waals surface area contributed by atoms with Crippen molar-refractivity contribution in [3.8, 4) is 16.9 Å². The maximum absolute atomic E-state index is 12.1. The molecule has 3 rings (SSSR count). The molecular formula is C25H23NO3. The molecule has 4 nitrogen and oxygen atoms in total. The van der Waals surface area contributed by atoms with E-state index in [4.69, 9.17) is 16.0 Å². The molecule has 146 valence electrons. The molecule has 0 aromatic heterocycles. The van der Waals surface area contributed by atoms with Crippen molar-refractivity contribution in [2.45, 2.75) is 26.4 Å². The van der Waals surface area contributed by atoms with Gasteiger partial charge in [0.15, 0.2) is 5.69 Å². The van der Waals surface area contributed by atoms with Gasteiger partial charge in [-0.3, -0.25) is 0 Å². The SMILES string of the molecule is [C-]#[N+]c1cccc(-c2cc(COc3ccc(C(C)C)cc3)cc(C(=O)OC)c2)c1. The number of ether oxygens (including phenoxy) is 2. The van der Waals surface area contributed by atoms with Crippen molar-refractivity contribution >= 4 is 11.7 Å². The maximum Gasteiger partial charge on any atom is 0.337 e. The Bertz CT molecular complexity index is 1050. The molecule has 0 aliphatic rings. The van der Waals surface area contributed by atoms with Gasteiger partial charge in [-0.1, -0.05) is 44.2 Å². The summed E-state index contributed by atoms with van der Waals surface area (Å²) in [5.41, 5.74) is 4.82. The fourth-order valence-electron chi connectivity index (χ4n) is 3.05. The van der Waals surface area contributed by atoms with E-state index >= 15 is 0 Å². The van der Waals surface area contributed by atoms with Gasteiger partial charge in [0.25, 0.3) is 0 Å². The summed E-state index contributed by atoms with van der Waals surface area (Å²) < 4.78 is 10.8. The van der Waals surface area contributed by atoms with Gasteiger partial charge < -0.3 is 9.47 Å². The number of hydrogen-bond acceptors (Lipinski definition) is 3. The number of methoxy groups -OCH3 is 1. The summed E-state index contributed by atoms with van der Waals surface area (Å²) in [7, 11) is 1.36. The van der Waals surface area contributed by atoms with Gasteiger partial charge >= 0.3 is 5.97 Å². The first-order valence-electron chi connectivity index (χ1n) is 9.43. The number of benzene rings is 3. The summed E-state index contributed by atoms with van der Waals surface area (Å²) in [6.07, 6.45) is 0. The molecular weight excluding hydrogens is 362 g/mol. The zero-order valence-corrected chi connectivity index (χ0v) is 16.8. The lowest BCUT2D eigenvalue weighted by Gasteiger charge is -2.12. The van der Waals surface area contributed by atoms with E-state index in [0.717, 1.165) is 22.4 Å². The van der Waals surface area contributed by atoms with Crippen molar-refractivity contribution in [3.63, 3.8) is 0 Å². The zero-order valence-electron chi connectivity index (χ0n) is 16.8. The van der Waals surface area contributed by atoms with Crippen LogP contribution in [0.5, 0.6) is 5.75 Å². The van der Waals surface area contributed by atoms with E-state index in [9.17, 15) is 4.79 Å². The first kappa shape index (κ1) is 20.2. The standard InChI is InChI=1S/C25H23NO3/c1-17(2)19-8-10-24(11-9-19)29-16-18-12-21(14-22(13-18)25(27)28-4)20-6-5-7-23(15-20)26-3/h5-15,17H,16H2,1-2,4H3. The summed E-state index contributed by atoms with van der Waals surface area (Å²) in [6, 6.07) is 20.9. The van der Waals surface area contributed by atoms with Gasteiger partial charge in [0.2, 0.25) is 0 Å². The molecule has 0 unspecified atom stereocenters. The molecule has 0 heterocycles. The number of carbonyl (C=O) groups excluding carboxylic acids is 1. The summed E-state index contributed by atoms with van der Waals surface area (Å²) in [5.74, 6) is 0.833. The van der Waals surface area contributed by atoms with E-state index in [-0.39, 0.29) is 0 Å². The number of nitrogens with zero attached hydrogens (tertiary/aromatic N) is 1. The second kappa shape index (κ2) is 9.07. The molecule has 0 radical (unpaired) electrons. The van der Waals surface area contributed by atoms with E-state index < -0.39 is 5.97 Å². The highest BCUT2D eigenvalue weighted by atomic mass is 16.5. The quantitative estimate of drug-likeness (QED) is 0.364. The Balaban J connectivity index is 1.89. The van der Waals surface area contributed by atoms with Crippen molar-refractivity contribution in [2.75, 3.05) is 7.11 Å². The highest BCUT2D eigenvalue weighted by Gasteiger charge is 2.11.